The van der Waals surface area contributed by atoms with Crippen molar-refractivity contribution >= 4 is 17.7 Å². The van der Waals surface area contributed by atoms with Gasteiger partial charge in [-0.05, 0) is 17.9 Å². The zero-order chi connectivity index (χ0) is 7.98. The van der Waals surface area contributed by atoms with Gasteiger partial charge in [-0.2, -0.15) is 11.8 Å². The number of guanidine groups is 1. The molecular formula is C6H15N3S. The van der Waals surface area contributed by atoms with Crippen molar-refractivity contribution in [2.24, 2.45) is 22.4 Å². The van der Waals surface area contributed by atoms with Crippen LogP contribution in [0.4, 0.5) is 0 Å². The molecule has 4 N–H and O–H groups in total. The molecular weight excluding hydrogens is 146 g/mol. The molecule has 10 heavy (non-hydrogen) atoms. The molecule has 0 fully saturated rings. The van der Waals surface area contributed by atoms with Crippen molar-refractivity contribution in [2.45, 2.75) is 6.92 Å². The monoisotopic (exact) mass is 161 g/mol. The highest BCUT2D eigenvalue weighted by Gasteiger charge is 1.97. The quantitative estimate of drug-likeness (QED) is 0.459. The fourth-order valence-electron chi connectivity index (χ4n) is 0.598. The first-order chi connectivity index (χ1) is 4.66. The minimum atomic E-state index is 0.188. The Bertz CT molecular complexity index is 110. The minimum absolute atomic E-state index is 0.188. The van der Waals surface area contributed by atoms with Gasteiger partial charge in [0.2, 0.25) is 0 Å². The average molecular weight is 161 g/mol. The van der Waals surface area contributed by atoms with E-state index in [4.69, 9.17) is 11.5 Å². The van der Waals surface area contributed by atoms with Crippen LogP contribution in [0.25, 0.3) is 0 Å². The Labute approximate surface area is 66.3 Å². The van der Waals surface area contributed by atoms with Gasteiger partial charge in [0, 0.05) is 6.54 Å². The van der Waals surface area contributed by atoms with Crippen LogP contribution in [0.3, 0.4) is 0 Å². The molecule has 0 radical (unpaired) electrons. The standard InChI is InChI=1S/C6H15N3S/c1-5(4-10-2)3-9-6(7)8/h5H,3-4H2,1-2H3,(H4,7,8,9). The van der Waals surface area contributed by atoms with Crippen molar-refractivity contribution in [3.8, 4) is 0 Å². The fourth-order valence-corrected chi connectivity index (χ4v) is 1.27. The molecule has 0 aromatic rings. The van der Waals surface area contributed by atoms with Gasteiger partial charge in [-0.15, -0.1) is 0 Å². The molecule has 0 aliphatic heterocycles. The van der Waals surface area contributed by atoms with Crippen LogP contribution in [0, 0.1) is 5.92 Å². The maximum Gasteiger partial charge on any atom is 0.185 e. The Kier molecular flexibility index (Phi) is 5.20. The van der Waals surface area contributed by atoms with Crippen LogP contribution >= 0.6 is 11.8 Å². The van der Waals surface area contributed by atoms with Gasteiger partial charge < -0.3 is 11.5 Å². The van der Waals surface area contributed by atoms with Gasteiger partial charge in [0.1, 0.15) is 0 Å². The maximum atomic E-state index is 5.16. The third-order valence-electron chi connectivity index (χ3n) is 1.04. The summed E-state index contributed by atoms with van der Waals surface area (Å²) in [7, 11) is 0. The summed E-state index contributed by atoms with van der Waals surface area (Å²) in [4.78, 5) is 3.90. The Balaban J connectivity index is 3.38. The van der Waals surface area contributed by atoms with E-state index >= 15 is 0 Å². The summed E-state index contributed by atoms with van der Waals surface area (Å²) in [6.07, 6.45) is 2.08. The zero-order valence-corrected chi connectivity index (χ0v) is 7.32. The first-order valence-corrected chi connectivity index (χ1v) is 4.60. The summed E-state index contributed by atoms with van der Waals surface area (Å²) < 4.78 is 0. The number of nitrogens with two attached hydrogens (primary N) is 2. The first kappa shape index (κ1) is 9.62. The number of aliphatic imine (C=N–C) groups is 1. The van der Waals surface area contributed by atoms with Crippen molar-refractivity contribution < 1.29 is 0 Å². The number of hydrogen-bond acceptors (Lipinski definition) is 2. The molecule has 0 aromatic carbocycles. The predicted octanol–water partition coefficient (Wildman–Crippen LogP) is 0.259. The largest absolute Gasteiger partial charge is 0.370 e. The molecule has 0 spiro atoms. The lowest BCUT2D eigenvalue weighted by Gasteiger charge is -2.04. The smallest absolute Gasteiger partial charge is 0.185 e. The van der Waals surface area contributed by atoms with Gasteiger partial charge in [0.15, 0.2) is 5.96 Å². The molecule has 3 nitrogen and oxygen atoms in total. The molecule has 0 aliphatic carbocycles. The van der Waals surface area contributed by atoms with Gasteiger partial charge >= 0.3 is 0 Å². The number of rotatable bonds is 4. The lowest BCUT2D eigenvalue weighted by molar-refractivity contribution is 0.676. The number of nitrogens with zero attached hydrogens (tertiary/aromatic N) is 1. The normalized spacial score (nSPS) is 12.6. The third-order valence-corrected chi connectivity index (χ3v) is 1.94. The summed E-state index contributed by atoms with van der Waals surface area (Å²) in [5.41, 5.74) is 10.3. The molecule has 0 bridgehead atoms. The van der Waals surface area contributed by atoms with E-state index in [-0.39, 0.29) is 5.96 Å². The van der Waals surface area contributed by atoms with E-state index in [1.165, 1.54) is 0 Å². The van der Waals surface area contributed by atoms with Gasteiger partial charge in [0.25, 0.3) is 0 Å². The van der Waals surface area contributed by atoms with Crippen LogP contribution in [0.5, 0.6) is 0 Å². The van der Waals surface area contributed by atoms with E-state index < -0.39 is 0 Å². The highest BCUT2D eigenvalue weighted by atomic mass is 32.2. The number of thioether (sulfide) groups is 1. The molecule has 1 atom stereocenters. The molecule has 0 aliphatic rings. The lowest BCUT2D eigenvalue weighted by atomic mass is 10.2. The molecule has 0 amide bonds. The minimum Gasteiger partial charge on any atom is -0.370 e. The van der Waals surface area contributed by atoms with E-state index in [1.54, 1.807) is 0 Å². The van der Waals surface area contributed by atoms with E-state index in [9.17, 15) is 0 Å². The molecule has 0 rings (SSSR count). The lowest BCUT2D eigenvalue weighted by Crippen LogP contribution is -2.24. The predicted molar refractivity (Wildman–Crippen MR) is 48.2 cm³/mol. The molecule has 1 unspecified atom stereocenters. The van der Waals surface area contributed by atoms with Gasteiger partial charge in [0.05, 0.1) is 0 Å². The summed E-state index contributed by atoms with van der Waals surface area (Å²) in [6.45, 7) is 2.87. The van der Waals surface area contributed by atoms with Crippen molar-refractivity contribution in [2.75, 3.05) is 18.6 Å². The second-order valence-corrected chi connectivity index (χ2v) is 3.24. The van der Waals surface area contributed by atoms with Crippen molar-refractivity contribution in [3.05, 3.63) is 0 Å². The number of hydrogen-bond donors (Lipinski definition) is 2. The van der Waals surface area contributed by atoms with Crippen LogP contribution in [0.2, 0.25) is 0 Å². The molecule has 0 saturated heterocycles. The third kappa shape index (κ3) is 5.75. The van der Waals surface area contributed by atoms with E-state index in [0.29, 0.717) is 5.92 Å². The van der Waals surface area contributed by atoms with E-state index in [1.807, 2.05) is 11.8 Å². The maximum absolute atomic E-state index is 5.16. The SMILES string of the molecule is CSCC(C)CN=C(N)N. The van der Waals surface area contributed by atoms with Crippen LogP contribution < -0.4 is 11.5 Å². The molecule has 0 saturated carbocycles. The van der Waals surface area contributed by atoms with E-state index in [2.05, 4.69) is 18.2 Å². The van der Waals surface area contributed by atoms with E-state index in [0.717, 1.165) is 12.3 Å². The second-order valence-electron chi connectivity index (χ2n) is 2.33. The Hall–Kier alpha value is -0.380. The Morgan fingerprint density at radius 2 is 2.20 bits per heavy atom. The van der Waals surface area contributed by atoms with Crippen LogP contribution in [0.15, 0.2) is 4.99 Å². The van der Waals surface area contributed by atoms with Gasteiger partial charge in [-0.1, -0.05) is 6.92 Å². The van der Waals surface area contributed by atoms with Crippen LogP contribution in [-0.2, 0) is 0 Å². The van der Waals surface area contributed by atoms with Gasteiger partial charge in [-0.3, -0.25) is 4.99 Å². The topological polar surface area (TPSA) is 64.4 Å². The summed E-state index contributed by atoms with van der Waals surface area (Å²) >= 11 is 1.81. The van der Waals surface area contributed by atoms with Gasteiger partial charge in [-0.25, -0.2) is 0 Å². The first-order valence-electron chi connectivity index (χ1n) is 3.21. The molecule has 60 valence electrons. The summed E-state index contributed by atoms with van der Waals surface area (Å²) in [5.74, 6) is 1.86. The summed E-state index contributed by atoms with van der Waals surface area (Å²) in [6, 6.07) is 0. The van der Waals surface area contributed by atoms with Crippen LogP contribution in [-0.4, -0.2) is 24.5 Å². The highest BCUT2D eigenvalue weighted by Crippen LogP contribution is 2.03. The summed E-state index contributed by atoms with van der Waals surface area (Å²) in [5, 5.41) is 0. The Morgan fingerprint density at radius 3 is 2.60 bits per heavy atom. The second kappa shape index (κ2) is 5.41. The van der Waals surface area contributed by atoms with Crippen molar-refractivity contribution in [1.29, 1.82) is 0 Å². The Morgan fingerprint density at radius 1 is 1.60 bits per heavy atom. The van der Waals surface area contributed by atoms with Crippen molar-refractivity contribution in [3.63, 3.8) is 0 Å². The molecule has 0 aromatic heterocycles. The zero-order valence-electron chi connectivity index (χ0n) is 6.50. The highest BCUT2D eigenvalue weighted by molar-refractivity contribution is 7.98. The van der Waals surface area contributed by atoms with Crippen molar-refractivity contribution in [1.82, 2.24) is 0 Å². The molecule has 4 heteroatoms. The van der Waals surface area contributed by atoms with Crippen LogP contribution in [0.1, 0.15) is 6.92 Å². The average Bonchev–Trinajstić information content (AvgIpc) is 1.85. The molecule has 0 heterocycles. The fraction of sp³-hybridized carbons (Fsp3) is 0.833.